The second-order valence-corrected chi connectivity index (χ2v) is 5.60. The average molecular weight is 349 g/mol. The summed E-state index contributed by atoms with van der Waals surface area (Å²) in [5, 5.41) is 18.5. The summed E-state index contributed by atoms with van der Waals surface area (Å²) in [5.74, 6) is 0.607. The molecule has 1 aliphatic heterocycles. The molecule has 0 radical (unpaired) electrons. The van der Waals surface area contributed by atoms with Crippen LogP contribution >= 0.6 is 0 Å². The summed E-state index contributed by atoms with van der Waals surface area (Å²) in [4.78, 5) is 18.4. The van der Waals surface area contributed by atoms with Crippen LogP contribution in [-0.2, 0) is 0 Å². The van der Waals surface area contributed by atoms with E-state index in [1.165, 1.54) is 4.90 Å². The number of ether oxygens (including phenoxy) is 1. The van der Waals surface area contributed by atoms with E-state index in [9.17, 15) is 4.79 Å². The summed E-state index contributed by atoms with van der Waals surface area (Å²) in [6.07, 6.45) is 5.54. The monoisotopic (exact) mass is 349 g/mol. The van der Waals surface area contributed by atoms with E-state index in [0.29, 0.717) is 42.4 Å². The molecule has 7 nitrogen and oxygen atoms in total. The Kier molecular flexibility index (Phi) is 5.38. The van der Waals surface area contributed by atoms with Crippen molar-refractivity contribution in [2.45, 2.75) is 6.42 Å². The highest BCUT2D eigenvalue weighted by atomic mass is 16.5. The van der Waals surface area contributed by atoms with E-state index in [-0.39, 0.29) is 11.7 Å². The summed E-state index contributed by atoms with van der Waals surface area (Å²) >= 11 is 0. The number of nitrogens with zero attached hydrogens (tertiary/aromatic N) is 2. The molecule has 132 valence electrons. The van der Waals surface area contributed by atoms with Crippen molar-refractivity contribution in [3.63, 3.8) is 0 Å². The Morgan fingerprint density at radius 2 is 2.00 bits per heavy atom. The summed E-state index contributed by atoms with van der Waals surface area (Å²) in [6, 6.07) is 12.1. The molecule has 1 aromatic heterocycles. The number of benzene rings is 1. The number of nitrogens with one attached hydrogen (secondary N) is 3. The molecule has 2 heterocycles. The van der Waals surface area contributed by atoms with E-state index < -0.39 is 0 Å². The molecule has 7 heteroatoms. The fourth-order valence-corrected chi connectivity index (χ4v) is 2.53. The Morgan fingerprint density at radius 3 is 2.85 bits per heavy atom. The zero-order chi connectivity index (χ0) is 18.4. The number of amidine groups is 1. The molecular weight excluding hydrogens is 330 g/mol. The van der Waals surface area contributed by atoms with Gasteiger partial charge in [0.25, 0.3) is 5.91 Å². The predicted octanol–water partition coefficient (Wildman–Crippen LogP) is 2.91. The predicted molar refractivity (Wildman–Crippen MR) is 100 cm³/mol. The van der Waals surface area contributed by atoms with E-state index in [1.807, 2.05) is 18.2 Å². The summed E-state index contributed by atoms with van der Waals surface area (Å²) < 4.78 is 5.69. The maximum atomic E-state index is 12.6. The van der Waals surface area contributed by atoms with Crippen molar-refractivity contribution in [3.8, 4) is 5.75 Å². The van der Waals surface area contributed by atoms with Crippen molar-refractivity contribution >= 4 is 23.9 Å². The maximum Gasteiger partial charge on any atom is 0.260 e. The first-order valence-electron chi connectivity index (χ1n) is 8.20. The van der Waals surface area contributed by atoms with Gasteiger partial charge in [0.15, 0.2) is 5.84 Å². The SMILES string of the molecule is N=CN1CC/C=C\COc2ccccc2C(=O)Nc2cccc(n2)C1=N. The van der Waals surface area contributed by atoms with Gasteiger partial charge in [-0.15, -0.1) is 0 Å². The number of amides is 1. The highest BCUT2D eigenvalue weighted by Crippen LogP contribution is 2.20. The van der Waals surface area contributed by atoms with E-state index in [4.69, 9.17) is 15.6 Å². The van der Waals surface area contributed by atoms with Crippen LogP contribution in [0.3, 0.4) is 0 Å². The highest BCUT2D eigenvalue weighted by molar-refractivity contribution is 6.06. The first kappa shape index (κ1) is 17.3. The van der Waals surface area contributed by atoms with Crippen LogP contribution in [0.1, 0.15) is 22.5 Å². The van der Waals surface area contributed by atoms with Crippen molar-refractivity contribution < 1.29 is 9.53 Å². The first-order chi connectivity index (χ1) is 12.7. The van der Waals surface area contributed by atoms with Gasteiger partial charge >= 0.3 is 0 Å². The second kappa shape index (κ2) is 8.06. The van der Waals surface area contributed by atoms with E-state index >= 15 is 0 Å². The number of hydrogen-bond acceptors (Lipinski definition) is 5. The lowest BCUT2D eigenvalue weighted by Crippen LogP contribution is -2.31. The highest BCUT2D eigenvalue weighted by Gasteiger charge is 2.15. The quantitative estimate of drug-likeness (QED) is 0.418. The van der Waals surface area contributed by atoms with Crippen LogP contribution in [0, 0.1) is 10.8 Å². The standard InChI is InChI=1S/C19H19N5O2/c20-13-24-11-4-1-5-12-26-16-9-3-2-7-14(16)19(25)23-17-10-6-8-15(22-17)18(24)21/h1-3,5-10,13,20-21H,4,11-12H2,(H,22,23,25)/b5-1-,20-13?,21-18?. The van der Waals surface area contributed by atoms with E-state index in [0.717, 1.165) is 6.34 Å². The van der Waals surface area contributed by atoms with Gasteiger partial charge in [-0.3, -0.25) is 15.6 Å². The molecule has 3 N–H and O–H groups in total. The summed E-state index contributed by atoms with van der Waals surface area (Å²) in [6.45, 7) is 0.812. The lowest BCUT2D eigenvalue weighted by Gasteiger charge is -2.18. The largest absolute Gasteiger partial charge is 0.489 e. The molecule has 26 heavy (non-hydrogen) atoms. The van der Waals surface area contributed by atoms with Crippen LogP contribution < -0.4 is 10.1 Å². The van der Waals surface area contributed by atoms with Gasteiger partial charge in [0.05, 0.1) is 11.9 Å². The molecule has 1 aliphatic rings. The number of para-hydroxylation sites is 1. The van der Waals surface area contributed by atoms with Gasteiger partial charge in [0.1, 0.15) is 23.9 Å². The Hall–Kier alpha value is -3.48. The van der Waals surface area contributed by atoms with Crippen LogP contribution in [-0.4, -0.2) is 41.1 Å². The third-order valence-electron chi connectivity index (χ3n) is 3.85. The minimum atomic E-state index is -0.334. The fourth-order valence-electron chi connectivity index (χ4n) is 2.53. The minimum Gasteiger partial charge on any atom is -0.489 e. The van der Waals surface area contributed by atoms with Crippen LogP contribution in [0.4, 0.5) is 5.82 Å². The van der Waals surface area contributed by atoms with Crippen molar-refractivity contribution in [3.05, 3.63) is 65.9 Å². The van der Waals surface area contributed by atoms with Crippen LogP contribution in [0.15, 0.2) is 54.6 Å². The van der Waals surface area contributed by atoms with Crippen LogP contribution in [0.25, 0.3) is 0 Å². The Balaban J connectivity index is 1.97. The Morgan fingerprint density at radius 1 is 1.15 bits per heavy atom. The Bertz CT molecular complexity index is 863. The fraction of sp³-hybridized carbons (Fsp3) is 0.158. The molecule has 2 bridgehead atoms. The molecule has 2 aromatic rings. The average Bonchev–Trinajstić information content (AvgIpc) is 2.67. The number of anilines is 1. The van der Waals surface area contributed by atoms with Gasteiger partial charge in [-0.25, -0.2) is 4.98 Å². The molecule has 0 aliphatic carbocycles. The zero-order valence-electron chi connectivity index (χ0n) is 14.1. The van der Waals surface area contributed by atoms with Crippen LogP contribution in [0.5, 0.6) is 5.75 Å². The minimum absolute atomic E-state index is 0.107. The molecule has 3 rings (SSSR count). The molecule has 0 atom stereocenters. The van der Waals surface area contributed by atoms with Gasteiger partial charge in [-0.1, -0.05) is 30.4 Å². The van der Waals surface area contributed by atoms with Crippen molar-refractivity contribution in [1.29, 1.82) is 10.8 Å². The van der Waals surface area contributed by atoms with Crippen molar-refractivity contribution in [2.24, 2.45) is 0 Å². The second-order valence-electron chi connectivity index (χ2n) is 5.60. The molecule has 1 amide bonds. The first-order valence-corrected chi connectivity index (χ1v) is 8.20. The van der Waals surface area contributed by atoms with Gasteiger partial charge in [-0.2, -0.15) is 0 Å². The van der Waals surface area contributed by atoms with Crippen LogP contribution in [0.2, 0.25) is 0 Å². The number of carbonyl (C=O) groups excluding carboxylic acids is 1. The van der Waals surface area contributed by atoms with Gasteiger partial charge in [0, 0.05) is 6.54 Å². The summed E-state index contributed by atoms with van der Waals surface area (Å²) in [7, 11) is 0. The molecule has 1 aromatic carbocycles. The van der Waals surface area contributed by atoms with Crippen molar-refractivity contribution in [1.82, 2.24) is 9.88 Å². The Labute approximate surface area is 151 Å². The van der Waals surface area contributed by atoms with Gasteiger partial charge < -0.3 is 15.0 Å². The van der Waals surface area contributed by atoms with E-state index in [1.54, 1.807) is 36.4 Å². The topological polar surface area (TPSA) is 102 Å². The number of pyridine rings is 1. The normalized spacial score (nSPS) is 16.4. The number of fused-ring (bicyclic) bond motifs is 3. The summed E-state index contributed by atoms with van der Waals surface area (Å²) in [5.41, 5.74) is 0.800. The van der Waals surface area contributed by atoms with Gasteiger partial charge in [0.2, 0.25) is 0 Å². The molecule has 0 unspecified atom stereocenters. The number of rotatable bonds is 1. The number of hydrogen-bond donors (Lipinski definition) is 3. The number of carbonyl (C=O) groups is 1. The van der Waals surface area contributed by atoms with Crippen molar-refractivity contribution in [2.75, 3.05) is 18.5 Å². The van der Waals surface area contributed by atoms with E-state index in [2.05, 4.69) is 10.3 Å². The van der Waals surface area contributed by atoms with Gasteiger partial charge in [-0.05, 0) is 30.7 Å². The zero-order valence-corrected chi connectivity index (χ0v) is 14.1. The molecule has 0 saturated carbocycles. The number of aromatic nitrogens is 1. The molecule has 0 spiro atoms. The molecular formula is C19H19N5O2. The lowest BCUT2D eigenvalue weighted by molar-refractivity contribution is 0.102. The molecule has 0 fully saturated rings. The molecule has 0 saturated heterocycles. The third-order valence-corrected chi connectivity index (χ3v) is 3.85. The maximum absolute atomic E-state index is 12.6. The lowest BCUT2D eigenvalue weighted by atomic mass is 10.2. The third kappa shape index (κ3) is 3.94. The smallest absolute Gasteiger partial charge is 0.260 e.